The SMILES string of the molecule is Cc1ccc(S(=O)(=O)N2CCOCC2)cc1NC(=O)CSCCO. The summed E-state index contributed by atoms with van der Waals surface area (Å²) in [5.41, 5.74) is 1.27. The summed E-state index contributed by atoms with van der Waals surface area (Å²) in [6, 6.07) is 4.73. The number of aryl methyl sites for hydroxylation is 1. The third-order valence-corrected chi connectivity index (χ3v) is 6.39. The average molecular weight is 374 g/mol. The Balaban J connectivity index is 2.14. The van der Waals surface area contributed by atoms with E-state index in [4.69, 9.17) is 9.84 Å². The number of amides is 1. The zero-order chi connectivity index (χ0) is 17.6. The van der Waals surface area contributed by atoms with Gasteiger partial charge < -0.3 is 15.2 Å². The Morgan fingerprint density at radius 2 is 2.08 bits per heavy atom. The van der Waals surface area contributed by atoms with E-state index in [0.717, 1.165) is 5.56 Å². The Bertz CT molecular complexity index is 672. The van der Waals surface area contributed by atoms with Crippen molar-refractivity contribution in [2.45, 2.75) is 11.8 Å². The third-order valence-electron chi connectivity index (χ3n) is 3.56. The molecule has 24 heavy (non-hydrogen) atoms. The molecule has 2 rings (SSSR count). The van der Waals surface area contributed by atoms with Gasteiger partial charge in [-0.25, -0.2) is 8.42 Å². The highest BCUT2D eigenvalue weighted by Gasteiger charge is 2.26. The molecule has 7 nitrogen and oxygen atoms in total. The summed E-state index contributed by atoms with van der Waals surface area (Å²) in [5, 5.41) is 11.5. The van der Waals surface area contributed by atoms with Crippen LogP contribution in [0.15, 0.2) is 23.1 Å². The van der Waals surface area contributed by atoms with Crippen LogP contribution in [0.5, 0.6) is 0 Å². The number of morpholine rings is 1. The first-order valence-corrected chi connectivity index (χ1v) is 10.2. The first-order valence-electron chi connectivity index (χ1n) is 7.62. The minimum absolute atomic E-state index is 0.0181. The quantitative estimate of drug-likeness (QED) is 0.682. The maximum atomic E-state index is 12.7. The molecule has 0 bridgehead atoms. The van der Waals surface area contributed by atoms with Crippen molar-refractivity contribution < 1.29 is 23.1 Å². The molecule has 0 radical (unpaired) electrons. The fraction of sp³-hybridized carbons (Fsp3) is 0.533. The van der Waals surface area contributed by atoms with Gasteiger partial charge >= 0.3 is 0 Å². The van der Waals surface area contributed by atoms with Crippen molar-refractivity contribution in [1.29, 1.82) is 0 Å². The van der Waals surface area contributed by atoms with E-state index in [-0.39, 0.29) is 23.2 Å². The number of hydrogen-bond donors (Lipinski definition) is 2. The van der Waals surface area contributed by atoms with Crippen LogP contribution in [0.3, 0.4) is 0 Å². The lowest BCUT2D eigenvalue weighted by atomic mass is 10.2. The standard InChI is InChI=1S/C15H22N2O5S2/c1-12-2-3-13(24(20,21)17-4-7-22-8-5-17)10-14(12)16-15(19)11-23-9-6-18/h2-3,10,18H,4-9,11H2,1H3,(H,16,19). The molecule has 1 fully saturated rings. The number of anilines is 1. The second kappa shape index (κ2) is 8.82. The number of benzene rings is 1. The first kappa shape index (κ1) is 19.2. The summed E-state index contributed by atoms with van der Waals surface area (Å²) in [4.78, 5) is 12.1. The van der Waals surface area contributed by atoms with Gasteiger partial charge in [-0.15, -0.1) is 11.8 Å². The third kappa shape index (κ3) is 4.93. The van der Waals surface area contributed by atoms with Crippen molar-refractivity contribution in [2.75, 3.05) is 49.7 Å². The molecule has 1 aromatic rings. The smallest absolute Gasteiger partial charge is 0.243 e. The average Bonchev–Trinajstić information content (AvgIpc) is 2.58. The Kier molecular flexibility index (Phi) is 7.05. The molecule has 0 saturated carbocycles. The Hall–Kier alpha value is -1.13. The summed E-state index contributed by atoms with van der Waals surface area (Å²) in [7, 11) is -3.59. The lowest BCUT2D eigenvalue weighted by molar-refractivity contribution is -0.113. The van der Waals surface area contributed by atoms with E-state index in [2.05, 4.69) is 5.32 Å². The van der Waals surface area contributed by atoms with Crippen molar-refractivity contribution in [2.24, 2.45) is 0 Å². The summed E-state index contributed by atoms with van der Waals surface area (Å²) < 4.78 is 31.9. The number of sulfonamides is 1. The zero-order valence-electron chi connectivity index (χ0n) is 13.5. The van der Waals surface area contributed by atoms with Gasteiger partial charge in [0.1, 0.15) is 0 Å². The summed E-state index contributed by atoms with van der Waals surface area (Å²) in [6.45, 7) is 3.25. The van der Waals surface area contributed by atoms with Crippen LogP contribution in [-0.2, 0) is 19.6 Å². The van der Waals surface area contributed by atoms with E-state index in [0.29, 0.717) is 37.7 Å². The summed E-state index contributed by atoms with van der Waals surface area (Å²) >= 11 is 1.32. The van der Waals surface area contributed by atoms with Crippen molar-refractivity contribution in [3.05, 3.63) is 23.8 Å². The molecule has 1 amide bonds. The van der Waals surface area contributed by atoms with Crippen LogP contribution in [0, 0.1) is 6.92 Å². The molecular formula is C15H22N2O5S2. The molecular weight excluding hydrogens is 352 g/mol. The Morgan fingerprint density at radius 1 is 1.38 bits per heavy atom. The minimum atomic E-state index is -3.59. The Morgan fingerprint density at radius 3 is 2.75 bits per heavy atom. The van der Waals surface area contributed by atoms with Gasteiger partial charge in [-0.2, -0.15) is 4.31 Å². The highest BCUT2D eigenvalue weighted by atomic mass is 32.2. The number of aliphatic hydroxyl groups excluding tert-OH is 1. The fourth-order valence-electron chi connectivity index (χ4n) is 2.25. The number of carbonyl (C=O) groups is 1. The van der Waals surface area contributed by atoms with Crippen molar-refractivity contribution >= 4 is 33.4 Å². The van der Waals surface area contributed by atoms with E-state index >= 15 is 0 Å². The van der Waals surface area contributed by atoms with Gasteiger partial charge in [-0.05, 0) is 24.6 Å². The molecule has 0 aliphatic carbocycles. The van der Waals surface area contributed by atoms with Crippen molar-refractivity contribution in [1.82, 2.24) is 4.31 Å². The molecule has 1 aliphatic rings. The van der Waals surface area contributed by atoms with E-state index < -0.39 is 10.0 Å². The highest BCUT2D eigenvalue weighted by Crippen LogP contribution is 2.23. The first-order chi connectivity index (χ1) is 11.4. The second-order valence-corrected chi connectivity index (χ2v) is 8.36. The van der Waals surface area contributed by atoms with E-state index in [9.17, 15) is 13.2 Å². The zero-order valence-corrected chi connectivity index (χ0v) is 15.2. The van der Waals surface area contributed by atoms with Crippen molar-refractivity contribution in [3.63, 3.8) is 0 Å². The Labute approximate surface area is 146 Å². The molecule has 1 heterocycles. The second-order valence-electron chi connectivity index (χ2n) is 5.32. The number of hydrogen-bond acceptors (Lipinski definition) is 6. The number of aliphatic hydroxyl groups is 1. The van der Waals surface area contributed by atoms with Gasteiger partial charge in [-0.3, -0.25) is 4.79 Å². The van der Waals surface area contributed by atoms with Crippen LogP contribution in [-0.4, -0.2) is 68.2 Å². The van der Waals surface area contributed by atoms with Gasteiger partial charge in [0.25, 0.3) is 0 Å². The van der Waals surface area contributed by atoms with Crippen LogP contribution in [0.4, 0.5) is 5.69 Å². The number of carbonyl (C=O) groups excluding carboxylic acids is 1. The maximum absolute atomic E-state index is 12.7. The van der Waals surface area contributed by atoms with Crippen LogP contribution < -0.4 is 5.32 Å². The topological polar surface area (TPSA) is 95.9 Å². The number of nitrogens with zero attached hydrogens (tertiary/aromatic N) is 1. The number of nitrogens with one attached hydrogen (secondary N) is 1. The fourth-order valence-corrected chi connectivity index (χ4v) is 4.21. The molecule has 134 valence electrons. The van der Waals surface area contributed by atoms with Crippen LogP contribution in [0.25, 0.3) is 0 Å². The van der Waals surface area contributed by atoms with Gasteiger partial charge in [-0.1, -0.05) is 6.07 Å². The summed E-state index contributed by atoms with van der Waals surface area (Å²) in [5.74, 6) is 0.468. The molecule has 0 atom stereocenters. The molecule has 1 aromatic carbocycles. The van der Waals surface area contributed by atoms with Gasteiger partial charge in [0, 0.05) is 24.5 Å². The van der Waals surface area contributed by atoms with Gasteiger partial charge in [0.05, 0.1) is 30.5 Å². The number of thioether (sulfide) groups is 1. The largest absolute Gasteiger partial charge is 0.396 e. The lowest BCUT2D eigenvalue weighted by Gasteiger charge is -2.26. The van der Waals surface area contributed by atoms with Crippen molar-refractivity contribution in [3.8, 4) is 0 Å². The normalized spacial score (nSPS) is 16.1. The maximum Gasteiger partial charge on any atom is 0.243 e. The number of ether oxygens (including phenoxy) is 1. The number of rotatable bonds is 7. The minimum Gasteiger partial charge on any atom is -0.396 e. The molecule has 1 aliphatic heterocycles. The van der Waals surface area contributed by atoms with E-state index in [1.165, 1.54) is 22.1 Å². The molecule has 9 heteroatoms. The molecule has 2 N–H and O–H groups in total. The highest BCUT2D eigenvalue weighted by molar-refractivity contribution is 7.99. The van der Waals surface area contributed by atoms with E-state index in [1.807, 2.05) is 6.92 Å². The van der Waals surface area contributed by atoms with Crippen LogP contribution in [0.2, 0.25) is 0 Å². The molecule has 0 aromatic heterocycles. The predicted octanol–water partition coefficient (Wildman–Crippen LogP) is 0.680. The monoisotopic (exact) mass is 374 g/mol. The van der Waals surface area contributed by atoms with Crippen LogP contribution >= 0.6 is 11.8 Å². The molecule has 0 unspecified atom stereocenters. The molecule has 0 spiro atoms. The molecule has 1 saturated heterocycles. The van der Waals surface area contributed by atoms with E-state index in [1.54, 1.807) is 12.1 Å². The predicted molar refractivity (Wildman–Crippen MR) is 93.8 cm³/mol. The summed E-state index contributed by atoms with van der Waals surface area (Å²) in [6.07, 6.45) is 0. The van der Waals surface area contributed by atoms with Gasteiger partial charge in [0.2, 0.25) is 15.9 Å². The van der Waals surface area contributed by atoms with Gasteiger partial charge in [0.15, 0.2) is 0 Å². The lowest BCUT2D eigenvalue weighted by Crippen LogP contribution is -2.40. The van der Waals surface area contributed by atoms with Crippen LogP contribution in [0.1, 0.15) is 5.56 Å².